The number of β-amino-alcohol motifs (C(OH)–C–C–N with tert-alkyl or cyclic N) is 1. The maximum atomic E-state index is 13.4. The molecule has 2 aromatic carbocycles. The average Bonchev–Trinajstić information content (AvgIpc) is 3.12. The molecule has 1 aliphatic carbocycles. The fraction of sp³-hybridized carbons (Fsp3) is 0.440. The van der Waals surface area contributed by atoms with Gasteiger partial charge in [-0.15, -0.1) is 0 Å². The van der Waals surface area contributed by atoms with Crippen LogP contribution in [0.15, 0.2) is 36.4 Å². The molecule has 1 aliphatic heterocycles. The molecular formula is C25H26I2N2O3. The zero-order valence-corrected chi connectivity index (χ0v) is 22.7. The lowest BCUT2D eigenvalue weighted by atomic mass is 9.62. The molecule has 168 valence electrons. The number of fused-ring (bicyclic) bond motifs is 5. The van der Waals surface area contributed by atoms with Crippen molar-refractivity contribution in [3.8, 4) is 0 Å². The van der Waals surface area contributed by atoms with E-state index in [1.54, 1.807) is 0 Å². The van der Waals surface area contributed by atoms with E-state index in [9.17, 15) is 14.7 Å². The molecule has 5 rings (SSSR count). The number of aromatic nitrogens is 1. The summed E-state index contributed by atoms with van der Waals surface area (Å²) in [4.78, 5) is 27.9. The molecule has 1 saturated carbocycles. The summed E-state index contributed by atoms with van der Waals surface area (Å²) in [6.07, 6.45) is 0.626. The molecule has 3 aromatic rings. The van der Waals surface area contributed by atoms with Gasteiger partial charge in [0.25, 0.3) is 0 Å². The third-order valence-electron chi connectivity index (χ3n) is 8.08. The second-order valence-electron chi connectivity index (χ2n) is 9.99. The molecular weight excluding hydrogens is 630 g/mol. The Labute approximate surface area is 214 Å². The van der Waals surface area contributed by atoms with Crippen molar-refractivity contribution in [2.24, 2.45) is 16.7 Å². The summed E-state index contributed by atoms with van der Waals surface area (Å²) in [6.45, 7) is 6.42. The Bertz CT molecular complexity index is 1220. The smallest absolute Gasteiger partial charge is 0.235 e. The topological polar surface area (TPSA) is 62.5 Å². The first kappa shape index (κ1) is 22.6. The molecule has 0 spiro atoms. The van der Waals surface area contributed by atoms with Gasteiger partial charge in [0.15, 0.2) is 0 Å². The minimum Gasteiger partial charge on any atom is -0.389 e. The second kappa shape index (κ2) is 7.66. The Morgan fingerprint density at radius 3 is 2.12 bits per heavy atom. The highest BCUT2D eigenvalue weighted by Crippen LogP contribution is 2.60. The lowest BCUT2D eigenvalue weighted by Crippen LogP contribution is -2.60. The van der Waals surface area contributed by atoms with Gasteiger partial charge in [-0.05, 0) is 99.8 Å². The predicted molar refractivity (Wildman–Crippen MR) is 142 cm³/mol. The molecule has 5 nitrogen and oxygen atoms in total. The fourth-order valence-electron chi connectivity index (χ4n) is 5.80. The van der Waals surface area contributed by atoms with E-state index >= 15 is 0 Å². The van der Waals surface area contributed by atoms with E-state index in [2.05, 4.69) is 86.1 Å². The fourth-order valence-corrected chi connectivity index (χ4v) is 6.78. The first-order chi connectivity index (χ1) is 15.0. The first-order valence-corrected chi connectivity index (χ1v) is 13.1. The summed E-state index contributed by atoms with van der Waals surface area (Å²) in [6, 6.07) is 12.6. The van der Waals surface area contributed by atoms with Crippen LogP contribution in [0.25, 0.3) is 21.8 Å². The Hall–Kier alpha value is -1.20. The van der Waals surface area contributed by atoms with Crippen LogP contribution in [-0.4, -0.2) is 39.0 Å². The number of likely N-dealkylation sites (tertiary alicyclic amines) is 1. The highest BCUT2D eigenvalue weighted by atomic mass is 127. The minimum absolute atomic E-state index is 0.0374. The third-order valence-corrected chi connectivity index (χ3v) is 9.43. The van der Waals surface area contributed by atoms with Crippen LogP contribution in [0.3, 0.4) is 0 Å². The van der Waals surface area contributed by atoms with Crippen LogP contribution in [0.5, 0.6) is 0 Å². The molecule has 3 atom stereocenters. The summed E-state index contributed by atoms with van der Waals surface area (Å²) < 4.78 is 4.43. The highest BCUT2D eigenvalue weighted by Gasteiger charge is 2.64. The number of carbonyl (C=O) groups excluding carboxylic acids is 2. The van der Waals surface area contributed by atoms with E-state index in [0.29, 0.717) is 6.54 Å². The lowest BCUT2D eigenvalue weighted by Gasteiger charge is -2.48. The van der Waals surface area contributed by atoms with E-state index in [1.807, 2.05) is 20.8 Å². The monoisotopic (exact) mass is 656 g/mol. The Morgan fingerprint density at radius 2 is 1.56 bits per heavy atom. The van der Waals surface area contributed by atoms with Crippen molar-refractivity contribution >= 4 is 78.8 Å². The van der Waals surface area contributed by atoms with Crippen LogP contribution in [0.4, 0.5) is 0 Å². The van der Waals surface area contributed by atoms with Crippen LogP contribution in [0.1, 0.15) is 33.6 Å². The molecule has 2 heterocycles. The van der Waals surface area contributed by atoms with Crippen LogP contribution in [0.2, 0.25) is 0 Å². The van der Waals surface area contributed by atoms with Gasteiger partial charge in [0.1, 0.15) is 0 Å². The number of nitrogens with zero attached hydrogens (tertiary/aromatic N) is 2. The average molecular weight is 656 g/mol. The molecule has 1 N–H and O–H groups in total. The molecule has 0 unspecified atom stereocenters. The zero-order chi connectivity index (χ0) is 23.0. The standard InChI is InChI=1S/C25H26I2N2O3/c1-24(2)19-8-9-25(24,3)23(32)29(22(19)31)13-16(30)12-28-20-6-4-14(26)10-17(20)18-11-15(27)5-7-21(18)28/h4-7,10-11,16,19,30H,8-9,12-13H2,1-3H3/t16-,19-,25+/m0/s1. The van der Waals surface area contributed by atoms with E-state index in [4.69, 9.17) is 0 Å². The van der Waals surface area contributed by atoms with Gasteiger partial charge in [0.2, 0.25) is 11.8 Å². The van der Waals surface area contributed by atoms with Gasteiger partial charge in [0.05, 0.1) is 24.6 Å². The number of piperidine rings is 1. The van der Waals surface area contributed by atoms with Crippen LogP contribution < -0.4 is 0 Å². The quantitative estimate of drug-likeness (QED) is 0.312. The summed E-state index contributed by atoms with van der Waals surface area (Å²) >= 11 is 4.63. The van der Waals surface area contributed by atoms with E-state index < -0.39 is 11.5 Å². The third kappa shape index (κ3) is 3.17. The van der Waals surface area contributed by atoms with E-state index in [1.165, 1.54) is 4.90 Å². The van der Waals surface area contributed by atoms with Gasteiger partial charge < -0.3 is 9.67 Å². The van der Waals surface area contributed by atoms with Crippen LogP contribution in [-0.2, 0) is 16.1 Å². The van der Waals surface area contributed by atoms with Crippen molar-refractivity contribution in [1.29, 1.82) is 0 Å². The Balaban J connectivity index is 1.48. The molecule has 0 radical (unpaired) electrons. The van der Waals surface area contributed by atoms with Crippen molar-refractivity contribution in [3.05, 3.63) is 43.5 Å². The normalized spacial score (nSPS) is 25.8. The van der Waals surface area contributed by atoms with Gasteiger partial charge >= 0.3 is 0 Å². The van der Waals surface area contributed by atoms with Crippen molar-refractivity contribution in [3.63, 3.8) is 0 Å². The zero-order valence-electron chi connectivity index (χ0n) is 18.4. The summed E-state index contributed by atoms with van der Waals surface area (Å²) in [5, 5.41) is 13.4. The Kier molecular flexibility index (Phi) is 5.41. The predicted octanol–water partition coefficient (Wildman–Crippen LogP) is 5.18. The number of aliphatic hydroxyl groups excluding tert-OH is 1. The molecule has 2 fully saturated rings. The largest absolute Gasteiger partial charge is 0.389 e. The van der Waals surface area contributed by atoms with E-state index in [-0.39, 0.29) is 29.7 Å². The number of imide groups is 1. The van der Waals surface area contributed by atoms with Crippen molar-refractivity contribution in [1.82, 2.24) is 9.47 Å². The molecule has 2 amide bonds. The summed E-state index contributed by atoms with van der Waals surface area (Å²) in [5.41, 5.74) is 1.20. The number of aliphatic hydroxyl groups is 1. The Morgan fingerprint density at radius 1 is 1.00 bits per heavy atom. The number of carbonyl (C=O) groups is 2. The van der Waals surface area contributed by atoms with Gasteiger partial charge in [-0.25, -0.2) is 0 Å². The molecule has 1 aromatic heterocycles. The van der Waals surface area contributed by atoms with Crippen LogP contribution >= 0.6 is 45.2 Å². The maximum absolute atomic E-state index is 13.4. The highest BCUT2D eigenvalue weighted by molar-refractivity contribution is 14.1. The van der Waals surface area contributed by atoms with Crippen LogP contribution in [0, 0.1) is 23.9 Å². The van der Waals surface area contributed by atoms with Crippen molar-refractivity contribution in [2.45, 2.75) is 46.3 Å². The number of halogens is 2. The molecule has 32 heavy (non-hydrogen) atoms. The van der Waals surface area contributed by atoms with Crippen molar-refractivity contribution < 1.29 is 14.7 Å². The molecule has 7 heteroatoms. The minimum atomic E-state index is -0.843. The number of amides is 2. The van der Waals surface area contributed by atoms with Gasteiger partial charge in [-0.2, -0.15) is 0 Å². The maximum Gasteiger partial charge on any atom is 0.235 e. The first-order valence-electron chi connectivity index (χ1n) is 11.0. The number of hydrogen-bond donors (Lipinski definition) is 1. The summed E-state index contributed by atoms with van der Waals surface area (Å²) in [7, 11) is 0. The molecule has 2 bridgehead atoms. The molecule has 2 aliphatic rings. The van der Waals surface area contributed by atoms with E-state index in [0.717, 1.165) is 41.8 Å². The lowest BCUT2D eigenvalue weighted by molar-refractivity contribution is -0.169. The summed E-state index contributed by atoms with van der Waals surface area (Å²) in [5.74, 6) is -0.415. The molecule has 1 saturated heterocycles. The number of hydrogen-bond acceptors (Lipinski definition) is 3. The van der Waals surface area contributed by atoms with Crippen molar-refractivity contribution in [2.75, 3.05) is 6.54 Å². The van der Waals surface area contributed by atoms with Gasteiger partial charge in [0, 0.05) is 34.9 Å². The number of benzene rings is 2. The number of rotatable bonds is 4. The van der Waals surface area contributed by atoms with Gasteiger partial charge in [-0.3, -0.25) is 14.5 Å². The second-order valence-corrected chi connectivity index (χ2v) is 12.5. The van der Waals surface area contributed by atoms with Gasteiger partial charge in [-0.1, -0.05) is 20.8 Å². The SMILES string of the molecule is CC1(C)[C@H]2CC[C@]1(C)C(=O)N(C[C@@H](O)Cn1c3ccc(I)cc3c3cc(I)ccc31)C2=O.